The van der Waals surface area contributed by atoms with E-state index >= 15 is 0 Å². The largest absolute Gasteiger partial charge is 0.352 e. The van der Waals surface area contributed by atoms with E-state index in [-0.39, 0.29) is 24.9 Å². The van der Waals surface area contributed by atoms with Crippen LogP contribution in [0.1, 0.15) is 37.0 Å². The highest BCUT2D eigenvalue weighted by atomic mass is 16.2. The highest BCUT2D eigenvalue weighted by Crippen LogP contribution is 2.22. The number of carbonyl (C=O) groups excluding carboxylic acids is 2. The van der Waals surface area contributed by atoms with Crippen molar-refractivity contribution in [2.24, 2.45) is 5.73 Å². The number of urea groups is 1. The summed E-state index contributed by atoms with van der Waals surface area (Å²) in [4.78, 5) is 28.9. The van der Waals surface area contributed by atoms with E-state index in [2.05, 4.69) is 15.4 Å². The number of hydrogen-bond acceptors (Lipinski definition) is 4. The number of nitrogens with two attached hydrogens (primary N) is 1. The Labute approximate surface area is 123 Å². The number of nitrogens with zero attached hydrogens (tertiary/aromatic N) is 4. The third kappa shape index (κ3) is 3.93. The standard InChI is InChI=1S/C13H22N6O2/c1-9-16-10(2)19(17-9)11-4-3-7-18(8-11)12(20)5-6-15-13(14)21/h11H,3-8H2,1-2H3,(H3,14,15,21)/t11-/m1/s1. The van der Waals surface area contributed by atoms with E-state index in [9.17, 15) is 9.59 Å². The number of nitrogens with one attached hydrogen (secondary N) is 1. The Morgan fingerprint density at radius 3 is 2.81 bits per heavy atom. The van der Waals surface area contributed by atoms with E-state index in [0.717, 1.165) is 31.0 Å². The van der Waals surface area contributed by atoms with Gasteiger partial charge in [0.25, 0.3) is 0 Å². The molecule has 2 heterocycles. The van der Waals surface area contributed by atoms with Crippen molar-refractivity contribution in [2.45, 2.75) is 39.2 Å². The van der Waals surface area contributed by atoms with Crippen molar-refractivity contribution < 1.29 is 9.59 Å². The molecule has 0 aromatic carbocycles. The maximum absolute atomic E-state index is 12.1. The number of likely N-dealkylation sites (tertiary alicyclic amines) is 1. The van der Waals surface area contributed by atoms with Crippen LogP contribution >= 0.6 is 0 Å². The normalized spacial score (nSPS) is 18.6. The summed E-state index contributed by atoms with van der Waals surface area (Å²) in [6.07, 6.45) is 2.20. The lowest BCUT2D eigenvalue weighted by molar-refractivity contribution is -0.132. The van der Waals surface area contributed by atoms with Gasteiger partial charge < -0.3 is 16.0 Å². The molecule has 1 fully saturated rings. The number of rotatable bonds is 4. The minimum Gasteiger partial charge on any atom is -0.352 e. The average Bonchev–Trinajstić information content (AvgIpc) is 2.77. The average molecular weight is 294 g/mol. The zero-order valence-corrected chi connectivity index (χ0v) is 12.5. The summed E-state index contributed by atoms with van der Waals surface area (Å²) >= 11 is 0. The summed E-state index contributed by atoms with van der Waals surface area (Å²) in [7, 11) is 0. The predicted molar refractivity (Wildman–Crippen MR) is 76.6 cm³/mol. The van der Waals surface area contributed by atoms with E-state index in [1.54, 1.807) is 0 Å². The van der Waals surface area contributed by atoms with Crippen molar-refractivity contribution in [1.29, 1.82) is 0 Å². The number of amides is 3. The van der Waals surface area contributed by atoms with Gasteiger partial charge in [0.2, 0.25) is 5.91 Å². The van der Waals surface area contributed by atoms with Crippen LogP contribution in [0.2, 0.25) is 0 Å². The lowest BCUT2D eigenvalue weighted by Gasteiger charge is -2.33. The number of primary amides is 1. The maximum Gasteiger partial charge on any atom is 0.312 e. The number of piperidine rings is 1. The molecule has 1 aromatic heterocycles. The van der Waals surface area contributed by atoms with E-state index in [4.69, 9.17) is 5.73 Å². The van der Waals surface area contributed by atoms with Crippen LogP contribution in [0, 0.1) is 13.8 Å². The molecular weight excluding hydrogens is 272 g/mol. The Balaban J connectivity index is 1.92. The molecule has 0 spiro atoms. The summed E-state index contributed by atoms with van der Waals surface area (Å²) in [6.45, 7) is 5.46. The molecule has 1 saturated heterocycles. The fourth-order valence-corrected chi connectivity index (χ4v) is 2.71. The monoisotopic (exact) mass is 294 g/mol. The molecule has 0 saturated carbocycles. The minimum atomic E-state index is -0.604. The number of aromatic nitrogens is 3. The van der Waals surface area contributed by atoms with Crippen LogP contribution in [-0.4, -0.2) is 51.2 Å². The first-order chi connectivity index (χ1) is 9.97. The molecule has 1 aliphatic heterocycles. The van der Waals surface area contributed by atoms with E-state index in [0.29, 0.717) is 6.54 Å². The first-order valence-electron chi connectivity index (χ1n) is 7.18. The molecular formula is C13H22N6O2. The van der Waals surface area contributed by atoms with E-state index in [1.165, 1.54) is 0 Å². The molecule has 0 radical (unpaired) electrons. The second-order valence-electron chi connectivity index (χ2n) is 5.33. The van der Waals surface area contributed by atoms with Gasteiger partial charge in [-0.15, -0.1) is 0 Å². The number of carbonyl (C=O) groups is 2. The van der Waals surface area contributed by atoms with Crippen LogP contribution in [0.5, 0.6) is 0 Å². The lowest BCUT2D eigenvalue weighted by atomic mass is 10.1. The highest BCUT2D eigenvalue weighted by molar-refractivity contribution is 5.77. The molecule has 0 bridgehead atoms. The van der Waals surface area contributed by atoms with Gasteiger partial charge in [-0.3, -0.25) is 4.79 Å². The van der Waals surface area contributed by atoms with Crippen LogP contribution < -0.4 is 11.1 Å². The summed E-state index contributed by atoms with van der Waals surface area (Å²) in [5, 5.41) is 6.84. The van der Waals surface area contributed by atoms with Crippen LogP contribution in [0.15, 0.2) is 0 Å². The van der Waals surface area contributed by atoms with Crippen LogP contribution in [-0.2, 0) is 4.79 Å². The zero-order valence-electron chi connectivity index (χ0n) is 12.5. The summed E-state index contributed by atoms with van der Waals surface area (Å²) in [6, 6.07) is -0.430. The third-order valence-electron chi connectivity index (χ3n) is 3.64. The fourth-order valence-electron chi connectivity index (χ4n) is 2.71. The smallest absolute Gasteiger partial charge is 0.312 e. The molecule has 0 aliphatic carbocycles. The third-order valence-corrected chi connectivity index (χ3v) is 3.64. The predicted octanol–water partition coefficient (Wildman–Crippen LogP) is 0.117. The minimum absolute atomic E-state index is 0.0305. The molecule has 1 atom stereocenters. The fraction of sp³-hybridized carbons (Fsp3) is 0.692. The van der Waals surface area contributed by atoms with E-state index in [1.807, 2.05) is 23.4 Å². The quantitative estimate of drug-likeness (QED) is 0.822. The van der Waals surface area contributed by atoms with Gasteiger partial charge in [0, 0.05) is 26.1 Å². The Kier molecular flexibility index (Phi) is 4.77. The highest BCUT2D eigenvalue weighted by Gasteiger charge is 2.26. The lowest BCUT2D eigenvalue weighted by Crippen LogP contribution is -2.42. The van der Waals surface area contributed by atoms with Gasteiger partial charge in [-0.2, -0.15) is 5.10 Å². The van der Waals surface area contributed by atoms with Crippen molar-refractivity contribution >= 4 is 11.9 Å². The zero-order chi connectivity index (χ0) is 15.4. The first kappa shape index (κ1) is 15.3. The van der Waals surface area contributed by atoms with Crippen LogP contribution in [0.3, 0.4) is 0 Å². The Morgan fingerprint density at radius 2 is 2.19 bits per heavy atom. The second kappa shape index (κ2) is 6.55. The molecule has 3 amide bonds. The molecule has 8 nitrogen and oxygen atoms in total. The van der Waals surface area contributed by atoms with Gasteiger partial charge >= 0.3 is 6.03 Å². The number of aryl methyl sites for hydroxylation is 2. The Hall–Kier alpha value is -2.12. The van der Waals surface area contributed by atoms with Gasteiger partial charge in [0.15, 0.2) is 0 Å². The van der Waals surface area contributed by atoms with Crippen LogP contribution in [0.25, 0.3) is 0 Å². The van der Waals surface area contributed by atoms with Gasteiger partial charge in [0.05, 0.1) is 6.04 Å². The molecule has 3 N–H and O–H groups in total. The van der Waals surface area contributed by atoms with Gasteiger partial charge in [-0.1, -0.05) is 0 Å². The van der Waals surface area contributed by atoms with Crippen molar-refractivity contribution in [1.82, 2.24) is 25.0 Å². The molecule has 1 aromatic rings. The molecule has 2 rings (SSSR count). The van der Waals surface area contributed by atoms with Crippen LogP contribution in [0.4, 0.5) is 4.79 Å². The van der Waals surface area contributed by atoms with Crippen molar-refractivity contribution in [3.8, 4) is 0 Å². The van der Waals surface area contributed by atoms with Gasteiger partial charge in [-0.05, 0) is 26.7 Å². The van der Waals surface area contributed by atoms with Gasteiger partial charge in [-0.25, -0.2) is 14.5 Å². The Bertz CT molecular complexity index is 527. The molecule has 8 heteroatoms. The van der Waals surface area contributed by atoms with Gasteiger partial charge in [0.1, 0.15) is 11.6 Å². The molecule has 116 valence electrons. The first-order valence-corrected chi connectivity index (χ1v) is 7.18. The van der Waals surface area contributed by atoms with E-state index < -0.39 is 6.03 Å². The van der Waals surface area contributed by atoms with Crippen molar-refractivity contribution in [3.05, 3.63) is 11.6 Å². The SMILES string of the molecule is Cc1nc(C)n([C@@H]2CCCN(C(=O)CCNC(N)=O)C2)n1. The molecule has 0 unspecified atom stereocenters. The number of hydrogen-bond donors (Lipinski definition) is 2. The second-order valence-corrected chi connectivity index (χ2v) is 5.33. The summed E-state index contributed by atoms with van der Waals surface area (Å²) in [5.41, 5.74) is 4.98. The maximum atomic E-state index is 12.1. The summed E-state index contributed by atoms with van der Waals surface area (Å²) < 4.78 is 1.91. The molecule has 21 heavy (non-hydrogen) atoms. The van der Waals surface area contributed by atoms with Crippen molar-refractivity contribution in [2.75, 3.05) is 19.6 Å². The van der Waals surface area contributed by atoms with Crippen molar-refractivity contribution in [3.63, 3.8) is 0 Å². The Morgan fingerprint density at radius 1 is 1.43 bits per heavy atom. The molecule has 1 aliphatic rings. The topological polar surface area (TPSA) is 106 Å². The summed E-state index contributed by atoms with van der Waals surface area (Å²) in [5.74, 6) is 1.66.